The maximum absolute atomic E-state index is 11.8. The van der Waals surface area contributed by atoms with Crippen LogP contribution < -0.4 is 0 Å². The molecule has 2 radical (unpaired) electrons. The average Bonchev–Trinajstić information content (AvgIpc) is 2.60. The Balaban J connectivity index is 0.00000225. The van der Waals surface area contributed by atoms with Gasteiger partial charge >= 0.3 is 0 Å². The van der Waals surface area contributed by atoms with E-state index in [4.69, 9.17) is 0 Å². The molecule has 0 saturated carbocycles. The first kappa shape index (κ1) is 27.2. The summed E-state index contributed by atoms with van der Waals surface area (Å²) in [6, 6.07) is 10.8. The summed E-state index contributed by atoms with van der Waals surface area (Å²) >= 11 is 0. The summed E-state index contributed by atoms with van der Waals surface area (Å²) in [7, 11) is -9.68. The summed E-state index contributed by atoms with van der Waals surface area (Å²) in [4.78, 5) is -1.58. The number of phenols is 1. The number of hydrogen-bond acceptors (Lipinski definition) is 7. The molecular weight excluding hydrogens is 454 g/mol. The Morgan fingerprint density at radius 1 is 0.800 bits per heavy atom. The maximum Gasteiger partial charge on any atom is 0.295 e. The van der Waals surface area contributed by atoms with Gasteiger partial charge in [0.25, 0.3) is 20.2 Å². The number of nitrogens with zero attached hydrogens (tertiary/aromatic N) is 2. The largest absolute Gasteiger partial charge is 0.506 e. The zero-order valence-electron chi connectivity index (χ0n) is 16.3. The van der Waals surface area contributed by atoms with Crippen molar-refractivity contribution in [2.75, 3.05) is 0 Å². The van der Waals surface area contributed by atoms with Gasteiger partial charge in [0, 0.05) is 64.5 Å². The quantitative estimate of drug-likeness (QED) is 0.302. The van der Waals surface area contributed by atoms with Crippen molar-refractivity contribution in [1.82, 2.24) is 0 Å². The average molecular weight is 468 g/mol. The molecule has 148 valence electrons. The molecule has 0 aromatic heterocycles. The van der Waals surface area contributed by atoms with Crippen LogP contribution >= 0.6 is 0 Å². The summed E-state index contributed by atoms with van der Waals surface area (Å²) in [6.45, 7) is 1.88. The first-order chi connectivity index (χ1) is 13.0. The second kappa shape index (κ2) is 10.2. The molecule has 13 heteroatoms. The minimum Gasteiger partial charge on any atom is -0.506 e. The predicted molar refractivity (Wildman–Crippen MR) is 112 cm³/mol. The SMILES string of the molecule is Cc1ccc(N=Nc2c(O)ccc3cc(S(=O)(=O)O)cc(S(=O)(=O)O)c23)cc1.[Na].[Na]. The molecule has 0 aliphatic carbocycles. The number of benzene rings is 3. The third-order valence-corrected chi connectivity index (χ3v) is 5.59. The smallest absolute Gasteiger partial charge is 0.295 e. The predicted octanol–water partition coefficient (Wildman–Crippen LogP) is 3.00. The zero-order valence-corrected chi connectivity index (χ0v) is 21.9. The number of aryl methyl sites for hydroxylation is 1. The molecule has 0 saturated heterocycles. The van der Waals surface area contributed by atoms with Crippen molar-refractivity contribution < 1.29 is 31.0 Å². The summed E-state index contributed by atoms with van der Waals surface area (Å²) in [5, 5.41) is 17.7. The van der Waals surface area contributed by atoms with Crippen LogP contribution in [-0.4, -0.2) is 90.2 Å². The van der Waals surface area contributed by atoms with E-state index in [0.717, 1.165) is 17.7 Å². The van der Waals surface area contributed by atoms with Crippen molar-refractivity contribution in [2.45, 2.75) is 16.7 Å². The third-order valence-electron chi connectivity index (χ3n) is 3.88. The first-order valence-electron chi connectivity index (χ1n) is 7.70. The molecule has 0 amide bonds. The number of aromatic hydroxyl groups is 1. The summed E-state index contributed by atoms with van der Waals surface area (Å²) in [5.41, 5.74) is 1.12. The molecule has 0 aliphatic rings. The molecule has 3 aromatic carbocycles. The molecule has 0 spiro atoms. The van der Waals surface area contributed by atoms with Gasteiger partial charge < -0.3 is 5.11 Å². The Labute approximate surface area is 217 Å². The Morgan fingerprint density at radius 2 is 1.40 bits per heavy atom. The molecule has 3 rings (SSSR count). The van der Waals surface area contributed by atoms with Gasteiger partial charge in [-0.3, -0.25) is 9.11 Å². The Kier molecular flexibility index (Phi) is 9.21. The van der Waals surface area contributed by atoms with Crippen LogP contribution in [0.2, 0.25) is 0 Å². The van der Waals surface area contributed by atoms with Gasteiger partial charge in [-0.25, -0.2) is 0 Å². The van der Waals surface area contributed by atoms with E-state index in [9.17, 15) is 31.0 Å². The molecule has 0 aliphatic heterocycles. The second-order valence-corrected chi connectivity index (χ2v) is 8.75. The normalized spacial score (nSPS) is 11.8. The van der Waals surface area contributed by atoms with Crippen LogP contribution in [0.1, 0.15) is 5.56 Å². The fraction of sp³-hybridized carbons (Fsp3) is 0.0588. The second-order valence-electron chi connectivity index (χ2n) is 5.94. The number of phenolic OH excluding ortho intramolecular Hbond substituents is 1. The topological polar surface area (TPSA) is 154 Å². The minimum absolute atomic E-state index is 0. The summed E-state index contributed by atoms with van der Waals surface area (Å²) in [5.74, 6) is -0.437. The Hall–Kier alpha value is -0.860. The number of rotatable bonds is 4. The van der Waals surface area contributed by atoms with Crippen molar-refractivity contribution in [3.63, 3.8) is 0 Å². The van der Waals surface area contributed by atoms with E-state index in [0.29, 0.717) is 11.8 Å². The monoisotopic (exact) mass is 468 g/mol. The first-order valence-corrected chi connectivity index (χ1v) is 10.6. The van der Waals surface area contributed by atoms with Crippen LogP contribution in [-0.2, 0) is 20.2 Å². The molecule has 30 heavy (non-hydrogen) atoms. The van der Waals surface area contributed by atoms with Crippen molar-refractivity contribution in [1.29, 1.82) is 0 Å². The molecule has 0 bridgehead atoms. The molecular formula is C17H14N2Na2O7S2. The van der Waals surface area contributed by atoms with Crippen LogP contribution in [0.5, 0.6) is 5.75 Å². The Bertz CT molecular complexity index is 1320. The third kappa shape index (κ3) is 6.10. The van der Waals surface area contributed by atoms with Crippen molar-refractivity contribution in [3.05, 3.63) is 54.1 Å². The van der Waals surface area contributed by atoms with Gasteiger partial charge in [0.15, 0.2) is 0 Å². The number of azo groups is 1. The molecule has 0 fully saturated rings. The van der Waals surface area contributed by atoms with Crippen molar-refractivity contribution in [3.8, 4) is 5.75 Å². The molecule has 0 heterocycles. The summed E-state index contributed by atoms with van der Waals surface area (Å²) in [6.07, 6.45) is 0. The standard InChI is InChI=1S/C17H14N2O7S2.2Na/c1-10-2-5-12(6-3-10)18-19-17-14(20)7-4-11-8-13(27(21,22)23)9-15(16(11)17)28(24,25)26;;/h2-9,20H,1H3,(H,21,22,23)(H,24,25,26);;. The van der Waals surface area contributed by atoms with Gasteiger partial charge in [-0.2, -0.15) is 21.9 Å². The molecule has 0 atom stereocenters. The fourth-order valence-corrected chi connectivity index (χ4v) is 3.91. The van der Waals surface area contributed by atoms with Crippen LogP contribution in [0, 0.1) is 6.92 Å². The molecule has 3 aromatic rings. The van der Waals surface area contributed by atoms with Crippen LogP contribution in [0.3, 0.4) is 0 Å². The van der Waals surface area contributed by atoms with Gasteiger partial charge in [-0.15, -0.1) is 5.11 Å². The Morgan fingerprint density at radius 3 is 1.93 bits per heavy atom. The van der Waals surface area contributed by atoms with E-state index in [1.807, 2.05) is 6.92 Å². The van der Waals surface area contributed by atoms with Gasteiger partial charge in [0.2, 0.25) is 0 Å². The fourth-order valence-electron chi connectivity index (χ4n) is 2.54. The van der Waals surface area contributed by atoms with E-state index >= 15 is 0 Å². The van der Waals surface area contributed by atoms with Crippen molar-refractivity contribution >= 4 is 101 Å². The molecule has 9 nitrogen and oxygen atoms in total. The van der Waals surface area contributed by atoms with E-state index in [2.05, 4.69) is 10.2 Å². The van der Waals surface area contributed by atoms with Crippen LogP contribution in [0.25, 0.3) is 10.8 Å². The van der Waals surface area contributed by atoms with Gasteiger partial charge in [0.1, 0.15) is 16.3 Å². The minimum atomic E-state index is -4.93. The van der Waals surface area contributed by atoms with Gasteiger partial charge in [-0.05, 0) is 42.6 Å². The maximum atomic E-state index is 11.8. The van der Waals surface area contributed by atoms with Gasteiger partial charge in [0.05, 0.1) is 10.6 Å². The van der Waals surface area contributed by atoms with Gasteiger partial charge in [-0.1, -0.05) is 23.8 Å². The molecule has 0 unspecified atom stereocenters. The van der Waals surface area contributed by atoms with E-state index in [1.54, 1.807) is 24.3 Å². The molecule has 3 N–H and O–H groups in total. The van der Waals surface area contributed by atoms with Crippen LogP contribution in [0.15, 0.2) is 68.6 Å². The van der Waals surface area contributed by atoms with E-state index in [-0.39, 0.29) is 75.6 Å². The number of hydrogen-bond donors (Lipinski definition) is 3. The van der Waals surface area contributed by atoms with E-state index < -0.39 is 35.8 Å². The van der Waals surface area contributed by atoms with Crippen LogP contribution in [0.4, 0.5) is 11.4 Å². The number of fused-ring (bicyclic) bond motifs is 1. The van der Waals surface area contributed by atoms with E-state index in [1.165, 1.54) is 6.07 Å². The summed E-state index contributed by atoms with van der Waals surface area (Å²) < 4.78 is 65.3. The van der Waals surface area contributed by atoms with Crippen molar-refractivity contribution in [2.24, 2.45) is 10.2 Å². The zero-order chi connectivity index (χ0) is 20.7.